The number of anilines is 1. The van der Waals surface area contributed by atoms with Crippen LogP contribution in [0.25, 0.3) is 0 Å². The molecule has 0 fully saturated rings. The molecule has 0 aliphatic carbocycles. The largest absolute Gasteiger partial charge is 0.469 e. The first-order valence-electron chi connectivity index (χ1n) is 6.39. The molecule has 112 valence electrons. The van der Waals surface area contributed by atoms with Crippen LogP contribution in [0.4, 0.5) is 5.13 Å². The number of rotatable bonds is 6. The van der Waals surface area contributed by atoms with Crippen molar-refractivity contribution in [3.63, 3.8) is 0 Å². The molecule has 1 N–H and O–H groups in total. The molecule has 0 spiro atoms. The summed E-state index contributed by atoms with van der Waals surface area (Å²) in [4.78, 5) is 27.2. The summed E-state index contributed by atoms with van der Waals surface area (Å²) in [5.41, 5.74) is 1.34. The summed E-state index contributed by atoms with van der Waals surface area (Å²) in [6.07, 6.45) is 4.85. The van der Waals surface area contributed by atoms with Gasteiger partial charge in [-0.3, -0.25) is 19.6 Å². The van der Waals surface area contributed by atoms with E-state index in [9.17, 15) is 9.59 Å². The Morgan fingerprint density at radius 2 is 2.29 bits per heavy atom. The second-order valence-electron chi connectivity index (χ2n) is 4.43. The molecule has 0 aliphatic rings. The van der Waals surface area contributed by atoms with Gasteiger partial charge in [-0.1, -0.05) is 0 Å². The normalized spacial score (nSPS) is 10.4. The van der Waals surface area contributed by atoms with Gasteiger partial charge in [0.25, 0.3) is 5.91 Å². The van der Waals surface area contributed by atoms with Crippen molar-refractivity contribution in [2.75, 3.05) is 12.4 Å². The number of nitrogens with one attached hydrogen (secondary N) is 1. The molecule has 0 unspecified atom stereocenters. The molecule has 2 aromatic heterocycles. The fraction of sp³-hybridized carbons (Fsp3) is 0.385. The van der Waals surface area contributed by atoms with Crippen molar-refractivity contribution in [2.45, 2.75) is 19.3 Å². The number of ether oxygens (including phenoxy) is 1. The van der Waals surface area contributed by atoms with E-state index in [1.807, 2.05) is 5.38 Å². The van der Waals surface area contributed by atoms with E-state index in [0.29, 0.717) is 30.0 Å². The molecule has 0 bridgehead atoms. The highest BCUT2D eigenvalue weighted by Crippen LogP contribution is 2.18. The molecule has 2 rings (SSSR count). The summed E-state index contributed by atoms with van der Waals surface area (Å²) in [6.45, 7) is 0. The van der Waals surface area contributed by atoms with Crippen LogP contribution in [0.5, 0.6) is 0 Å². The van der Waals surface area contributed by atoms with E-state index in [0.717, 1.165) is 5.69 Å². The van der Waals surface area contributed by atoms with Crippen LogP contribution >= 0.6 is 11.3 Å². The van der Waals surface area contributed by atoms with Crippen LogP contribution in [0.1, 0.15) is 28.9 Å². The first-order chi connectivity index (χ1) is 10.1. The highest BCUT2D eigenvalue weighted by molar-refractivity contribution is 7.13. The third kappa shape index (κ3) is 4.38. The van der Waals surface area contributed by atoms with Crippen LogP contribution in [-0.4, -0.2) is 33.8 Å². The quantitative estimate of drug-likeness (QED) is 0.820. The van der Waals surface area contributed by atoms with Crippen molar-refractivity contribution in [1.29, 1.82) is 0 Å². The van der Waals surface area contributed by atoms with Crippen LogP contribution in [-0.2, 0) is 23.0 Å². The molecule has 7 nitrogen and oxygen atoms in total. The van der Waals surface area contributed by atoms with Crippen LogP contribution in [0.2, 0.25) is 0 Å². The van der Waals surface area contributed by atoms with Gasteiger partial charge in [-0.2, -0.15) is 5.10 Å². The first kappa shape index (κ1) is 15.2. The number of aryl methyl sites for hydroxylation is 2. The van der Waals surface area contributed by atoms with E-state index >= 15 is 0 Å². The first-order valence-corrected chi connectivity index (χ1v) is 7.27. The highest BCUT2D eigenvalue weighted by Gasteiger charge is 2.11. The predicted octanol–water partition coefficient (Wildman–Crippen LogP) is 1.62. The van der Waals surface area contributed by atoms with Gasteiger partial charge in [-0.25, -0.2) is 4.98 Å². The standard InChI is InChI=1S/C13H16N4O3S/c1-17-7-9(6-14-17)12(19)16-13-15-10(8-21-13)4-3-5-11(18)20-2/h6-8H,3-5H2,1-2H3,(H,15,16,19). The average molecular weight is 308 g/mol. The van der Waals surface area contributed by atoms with Crippen molar-refractivity contribution in [3.05, 3.63) is 29.0 Å². The molecule has 0 aromatic carbocycles. The maximum Gasteiger partial charge on any atom is 0.305 e. The highest BCUT2D eigenvalue weighted by atomic mass is 32.1. The topological polar surface area (TPSA) is 86.1 Å². The molecule has 0 radical (unpaired) electrons. The molecule has 8 heteroatoms. The minimum absolute atomic E-state index is 0.227. The summed E-state index contributed by atoms with van der Waals surface area (Å²) in [7, 11) is 3.12. The Bertz CT molecular complexity index is 635. The molecule has 1 amide bonds. The average Bonchev–Trinajstić information content (AvgIpc) is 3.08. The lowest BCUT2D eigenvalue weighted by Gasteiger charge is -1.98. The van der Waals surface area contributed by atoms with Gasteiger partial charge in [0.1, 0.15) is 0 Å². The van der Waals surface area contributed by atoms with E-state index in [2.05, 4.69) is 20.1 Å². The fourth-order valence-corrected chi connectivity index (χ4v) is 2.44. The number of amides is 1. The summed E-state index contributed by atoms with van der Waals surface area (Å²) in [6, 6.07) is 0. The second-order valence-corrected chi connectivity index (χ2v) is 5.29. The number of carbonyl (C=O) groups excluding carboxylic acids is 2. The Labute approximate surface area is 125 Å². The summed E-state index contributed by atoms with van der Waals surface area (Å²) < 4.78 is 6.14. The van der Waals surface area contributed by atoms with Gasteiger partial charge in [0, 0.05) is 25.0 Å². The van der Waals surface area contributed by atoms with Crippen molar-refractivity contribution in [3.8, 4) is 0 Å². The van der Waals surface area contributed by atoms with E-state index in [4.69, 9.17) is 0 Å². The van der Waals surface area contributed by atoms with Crippen LogP contribution in [0, 0.1) is 0 Å². The Morgan fingerprint density at radius 3 is 2.95 bits per heavy atom. The summed E-state index contributed by atoms with van der Waals surface area (Å²) in [5.74, 6) is -0.464. The van der Waals surface area contributed by atoms with Crippen molar-refractivity contribution in [2.24, 2.45) is 7.05 Å². The summed E-state index contributed by atoms with van der Waals surface area (Å²) in [5, 5.41) is 9.08. The Morgan fingerprint density at radius 1 is 1.48 bits per heavy atom. The van der Waals surface area contributed by atoms with Crippen molar-refractivity contribution in [1.82, 2.24) is 14.8 Å². The number of esters is 1. The van der Waals surface area contributed by atoms with Gasteiger partial charge in [0.05, 0.1) is 24.6 Å². The van der Waals surface area contributed by atoms with E-state index in [1.54, 1.807) is 17.9 Å². The molecule has 2 aromatic rings. The van der Waals surface area contributed by atoms with Gasteiger partial charge in [-0.05, 0) is 12.8 Å². The van der Waals surface area contributed by atoms with Gasteiger partial charge >= 0.3 is 5.97 Å². The van der Waals surface area contributed by atoms with Crippen LogP contribution < -0.4 is 5.32 Å². The zero-order chi connectivity index (χ0) is 15.2. The van der Waals surface area contributed by atoms with Gasteiger partial charge in [-0.15, -0.1) is 11.3 Å². The van der Waals surface area contributed by atoms with E-state index in [-0.39, 0.29) is 11.9 Å². The number of carbonyl (C=O) groups is 2. The Kier molecular flexibility index (Phi) is 5.04. The van der Waals surface area contributed by atoms with Gasteiger partial charge < -0.3 is 4.74 Å². The molecule has 0 saturated carbocycles. The minimum Gasteiger partial charge on any atom is -0.469 e. The zero-order valence-electron chi connectivity index (χ0n) is 11.8. The van der Waals surface area contributed by atoms with E-state index in [1.165, 1.54) is 24.6 Å². The second kappa shape index (κ2) is 6.98. The lowest BCUT2D eigenvalue weighted by atomic mass is 10.2. The minimum atomic E-state index is -0.237. The monoisotopic (exact) mass is 308 g/mol. The van der Waals surface area contributed by atoms with Crippen LogP contribution in [0.3, 0.4) is 0 Å². The predicted molar refractivity (Wildman–Crippen MR) is 78.2 cm³/mol. The maximum absolute atomic E-state index is 11.9. The van der Waals surface area contributed by atoms with Crippen molar-refractivity contribution >= 4 is 28.3 Å². The number of hydrogen-bond donors (Lipinski definition) is 1. The third-order valence-corrected chi connectivity index (χ3v) is 3.59. The smallest absolute Gasteiger partial charge is 0.305 e. The molecule has 0 saturated heterocycles. The number of thiazole rings is 1. The Hall–Kier alpha value is -2.22. The van der Waals surface area contributed by atoms with Gasteiger partial charge in [0.15, 0.2) is 5.13 Å². The SMILES string of the molecule is COC(=O)CCCc1csc(NC(=O)c2cnn(C)c2)n1. The van der Waals surface area contributed by atoms with Gasteiger partial charge in [0.2, 0.25) is 0 Å². The Balaban J connectivity index is 1.85. The molecule has 2 heterocycles. The zero-order valence-corrected chi connectivity index (χ0v) is 12.6. The number of nitrogens with zero attached hydrogens (tertiary/aromatic N) is 3. The lowest BCUT2D eigenvalue weighted by Crippen LogP contribution is -2.11. The number of hydrogen-bond acceptors (Lipinski definition) is 6. The number of methoxy groups -OCH3 is 1. The molecule has 0 atom stereocenters. The maximum atomic E-state index is 11.9. The summed E-state index contributed by atoms with van der Waals surface area (Å²) >= 11 is 1.36. The third-order valence-electron chi connectivity index (χ3n) is 2.78. The van der Waals surface area contributed by atoms with Crippen molar-refractivity contribution < 1.29 is 14.3 Å². The molecule has 21 heavy (non-hydrogen) atoms. The molecular formula is C13H16N4O3S. The lowest BCUT2D eigenvalue weighted by molar-refractivity contribution is -0.140. The number of aromatic nitrogens is 3. The fourth-order valence-electron chi connectivity index (χ4n) is 1.70. The molecule has 0 aliphatic heterocycles. The molecular weight excluding hydrogens is 292 g/mol. The van der Waals surface area contributed by atoms with Crippen LogP contribution in [0.15, 0.2) is 17.8 Å². The van der Waals surface area contributed by atoms with E-state index < -0.39 is 0 Å².